The van der Waals surface area contributed by atoms with Crippen LogP contribution in [0.5, 0.6) is 5.88 Å². The molecule has 0 radical (unpaired) electrons. The van der Waals surface area contributed by atoms with Crippen molar-refractivity contribution >= 4 is 17.8 Å². The summed E-state index contributed by atoms with van der Waals surface area (Å²) in [5.41, 5.74) is 1.30. The van der Waals surface area contributed by atoms with Crippen LogP contribution in [0.25, 0.3) is 0 Å². The average molecular weight is 415 g/mol. The summed E-state index contributed by atoms with van der Waals surface area (Å²) in [6.45, 7) is 5.74. The Morgan fingerprint density at radius 1 is 1.30 bits per heavy atom. The number of alkyl carbamates (subject to hydrolysis) is 1. The number of carbonyl (C=O) groups excluding carboxylic acids is 2. The first-order valence-corrected chi connectivity index (χ1v) is 10.1. The molecule has 30 heavy (non-hydrogen) atoms. The van der Waals surface area contributed by atoms with Crippen LogP contribution in [0, 0.1) is 0 Å². The minimum atomic E-state index is -0.392. The number of ether oxygens (including phenoxy) is 2. The first kappa shape index (κ1) is 21.6. The van der Waals surface area contributed by atoms with Gasteiger partial charge in [-0.15, -0.1) is 0 Å². The van der Waals surface area contributed by atoms with Gasteiger partial charge in [-0.05, 0) is 46.1 Å². The Hall–Kier alpha value is -3.10. The molecule has 0 unspecified atom stereocenters. The standard InChI is InChI=1S/C21H29N5O4/c1-21(2,3)24-20(28)30-15-8-7-13(10-15)16-12-17(26-25-16)23-18(27)11-14-6-5-9-22-19(14)29-4/h5-6,9,12-13,15H,7-8,10-11H2,1-4H3,(H,24,28)(H2,23,25,26,27)/t13-,15+/m0/s1. The van der Waals surface area contributed by atoms with Crippen LogP contribution in [0.4, 0.5) is 10.6 Å². The SMILES string of the molecule is COc1ncccc1CC(=O)Nc1cc([C@H]2CC[C@@H](OC(=O)NC(C)(C)C)C2)[nH]n1. The summed E-state index contributed by atoms with van der Waals surface area (Å²) in [5.74, 6) is 0.899. The van der Waals surface area contributed by atoms with Crippen LogP contribution in [-0.4, -0.2) is 45.9 Å². The molecule has 0 aliphatic heterocycles. The Bertz CT molecular complexity index is 890. The predicted octanol–water partition coefficient (Wildman–Crippen LogP) is 3.16. The van der Waals surface area contributed by atoms with E-state index >= 15 is 0 Å². The molecule has 1 aliphatic rings. The molecule has 2 atom stereocenters. The van der Waals surface area contributed by atoms with Gasteiger partial charge in [0.25, 0.3) is 0 Å². The number of nitrogens with zero attached hydrogens (tertiary/aromatic N) is 2. The zero-order valence-corrected chi connectivity index (χ0v) is 17.8. The second kappa shape index (κ2) is 9.15. The number of H-pyrrole nitrogens is 1. The van der Waals surface area contributed by atoms with Gasteiger partial charge in [-0.3, -0.25) is 9.89 Å². The van der Waals surface area contributed by atoms with Crippen molar-refractivity contribution in [1.82, 2.24) is 20.5 Å². The lowest BCUT2D eigenvalue weighted by molar-refractivity contribution is -0.115. The third kappa shape index (κ3) is 5.95. The van der Waals surface area contributed by atoms with Crippen LogP contribution in [0.15, 0.2) is 24.4 Å². The molecule has 2 heterocycles. The maximum atomic E-state index is 12.4. The number of methoxy groups -OCH3 is 1. The highest BCUT2D eigenvalue weighted by Crippen LogP contribution is 2.35. The lowest BCUT2D eigenvalue weighted by atomic mass is 10.0. The molecule has 0 bridgehead atoms. The zero-order chi connectivity index (χ0) is 21.7. The number of anilines is 1. The maximum absolute atomic E-state index is 12.4. The van der Waals surface area contributed by atoms with E-state index in [1.54, 1.807) is 18.3 Å². The van der Waals surface area contributed by atoms with Crippen molar-refractivity contribution in [3.05, 3.63) is 35.7 Å². The predicted molar refractivity (Wildman–Crippen MR) is 111 cm³/mol. The molecule has 9 nitrogen and oxygen atoms in total. The molecule has 0 aromatic carbocycles. The summed E-state index contributed by atoms with van der Waals surface area (Å²) >= 11 is 0. The molecule has 2 aromatic heterocycles. The number of aromatic nitrogens is 3. The Morgan fingerprint density at radius 3 is 2.83 bits per heavy atom. The highest BCUT2D eigenvalue weighted by molar-refractivity contribution is 5.91. The van der Waals surface area contributed by atoms with Crippen LogP contribution in [0.1, 0.15) is 57.2 Å². The molecule has 9 heteroatoms. The molecule has 2 amide bonds. The number of rotatable bonds is 6. The molecule has 3 rings (SSSR count). The molecule has 3 N–H and O–H groups in total. The summed E-state index contributed by atoms with van der Waals surface area (Å²) in [6.07, 6.45) is 3.64. The van der Waals surface area contributed by atoms with Crippen molar-refractivity contribution in [1.29, 1.82) is 0 Å². The van der Waals surface area contributed by atoms with Gasteiger partial charge in [-0.2, -0.15) is 5.10 Å². The zero-order valence-electron chi connectivity index (χ0n) is 17.8. The van der Waals surface area contributed by atoms with E-state index in [0.717, 1.165) is 25.0 Å². The van der Waals surface area contributed by atoms with Gasteiger partial charge in [0.1, 0.15) is 6.10 Å². The highest BCUT2D eigenvalue weighted by Gasteiger charge is 2.30. The number of hydrogen-bond acceptors (Lipinski definition) is 6. The van der Waals surface area contributed by atoms with Gasteiger partial charge >= 0.3 is 6.09 Å². The Balaban J connectivity index is 1.51. The topological polar surface area (TPSA) is 118 Å². The van der Waals surface area contributed by atoms with Crippen LogP contribution in [-0.2, 0) is 16.0 Å². The van der Waals surface area contributed by atoms with Crippen molar-refractivity contribution in [3.8, 4) is 5.88 Å². The van der Waals surface area contributed by atoms with Gasteiger partial charge < -0.3 is 20.1 Å². The van der Waals surface area contributed by atoms with E-state index in [9.17, 15) is 9.59 Å². The number of aromatic amines is 1. The lowest BCUT2D eigenvalue weighted by Gasteiger charge is -2.22. The first-order valence-electron chi connectivity index (χ1n) is 10.1. The summed E-state index contributed by atoms with van der Waals surface area (Å²) in [4.78, 5) is 28.4. The number of amides is 2. The first-order chi connectivity index (χ1) is 14.2. The quantitative estimate of drug-likeness (QED) is 0.667. The van der Waals surface area contributed by atoms with E-state index in [2.05, 4.69) is 25.8 Å². The van der Waals surface area contributed by atoms with E-state index in [1.165, 1.54) is 7.11 Å². The second-order valence-corrected chi connectivity index (χ2v) is 8.52. The molecule has 1 saturated carbocycles. The molecular weight excluding hydrogens is 386 g/mol. The molecular formula is C21H29N5O4. The number of pyridine rings is 1. The largest absolute Gasteiger partial charge is 0.481 e. The summed E-state index contributed by atoms with van der Waals surface area (Å²) in [7, 11) is 1.52. The van der Waals surface area contributed by atoms with Crippen LogP contribution >= 0.6 is 0 Å². The van der Waals surface area contributed by atoms with Crippen molar-refractivity contribution in [3.63, 3.8) is 0 Å². The Morgan fingerprint density at radius 2 is 2.10 bits per heavy atom. The van der Waals surface area contributed by atoms with Gasteiger partial charge in [0, 0.05) is 35.0 Å². The fourth-order valence-corrected chi connectivity index (χ4v) is 3.53. The number of nitrogens with one attached hydrogen (secondary N) is 3. The van der Waals surface area contributed by atoms with Crippen molar-refractivity contribution in [2.45, 2.75) is 64.0 Å². The third-order valence-corrected chi connectivity index (χ3v) is 4.83. The number of carbonyl (C=O) groups is 2. The monoisotopic (exact) mass is 415 g/mol. The molecule has 0 spiro atoms. The smallest absolute Gasteiger partial charge is 0.407 e. The van der Waals surface area contributed by atoms with Gasteiger partial charge in [0.15, 0.2) is 5.82 Å². The summed E-state index contributed by atoms with van der Waals surface area (Å²) in [6, 6.07) is 5.40. The molecule has 1 fully saturated rings. The molecule has 0 saturated heterocycles. The van der Waals surface area contributed by atoms with E-state index in [1.807, 2.05) is 26.8 Å². The van der Waals surface area contributed by atoms with Crippen LogP contribution in [0.2, 0.25) is 0 Å². The summed E-state index contributed by atoms with van der Waals surface area (Å²) in [5, 5.41) is 12.8. The third-order valence-electron chi connectivity index (χ3n) is 4.83. The number of hydrogen-bond donors (Lipinski definition) is 3. The fourth-order valence-electron chi connectivity index (χ4n) is 3.53. The highest BCUT2D eigenvalue weighted by atomic mass is 16.6. The van der Waals surface area contributed by atoms with E-state index in [0.29, 0.717) is 17.3 Å². The van der Waals surface area contributed by atoms with Crippen molar-refractivity contribution < 1.29 is 19.1 Å². The van der Waals surface area contributed by atoms with E-state index in [4.69, 9.17) is 9.47 Å². The Kier molecular flexibility index (Phi) is 6.59. The molecule has 162 valence electrons. The van der Waals surface area contributed by atoms with Crippen molar-refractivity contribution in [2.75, 3.05) is 12.4 Å². The van der Waals surface area contributed by atoms with Gasteiger partial charge in [0.05, 0.1) is 13.5 Å². The molecule has 1 aliphatic carbocycles. The second-order valence-electron chi connectivity index (χ2n) is 8.52. The minimum Gasteiger partial charge on any atom is -0.481 e. The van der Waals surface area contributed by atoms with Gasteiger partial charge in [0.2, 0.25) is 11.8 Å². The maximum Gasteiger partial charge on any atom is 0.407 e. The van der Waals surface area contributed by atoms with Crippen LogP contribution in [0.3, 0.4) is 0 Å². The lowest BCUT2D eigenvalue weighted by Crippen LogP contribution is -2.42. The normalized spacial score (nSPS) is 18.7. The minimum absolute atomic E-state index is 0.128. The van der Waals surface area contributed by atoms with Crippen molar-refractivity contribution in [2.24, 2.45) is 0 Å². The van der Waals surface area contributed by atoms with Crippen LogP contribution < -0.4 is 15.4 Å². The van der Waals surface area contributed by atoms with Gasteiger partial charge in [-0.1, -0.05) is 6.07 Å². The Labute approximate surface area is 175 Å². The fraction of sp³-hybridized carbons (Fsp3) is 0.524. The summed E-state index contributed by atoms with van der Waals surface area (Å²) < 4.78 is 10.7. The van der Waals surface area contributed by atoms with E-state index in [-0.39, 0.29) is 29.9 Å². The van der Waals surface area contributed by atoms with E-state index < -0.39 is 6.09 Å². The average Bonchev–Trinajstić information content (AvgIpc) is 3.30. The molecule has 2 aromatic rings. The van der Waals surface area contributed by atoms with Gasteiger partial charge in [-0.25, -0.2) is 9.78 Å².